The van der Waals surface area contributed by atoms with Crippen molar-refractivity contribution < 1.29 is 56.5 Å². The lowest BCUT2D eigenvalue weighted by Gasteiger charge is -2.69. The van der Waals surface area contributed by atoms with E-state index < -0.39 is 62.4 Å². The van der Waals surface area contributed by atoms with Gasteiger partial charge in [0.15, 0.2) is 5.79 Å². The predicted molar refractivity (Wildman–Crippen MR) is 266 cm³/mol. The molecular formula is C58H88O12S. The number of ether oxygens (including phenoxy) is 4. The zero-order chi connectivity index (χ0) is 50.9. The van der Waals surface area contributed by atoms with Crippen LogP contribution in [0.15, 0.2) is 33.9 Å². The Morgan fingerprint density at radius 1 is 0.789 bits per heavy atom. The highest BCUT2D eigenvalue weighted by molar-refractivity contribution is 7.80. The van der Waals surface area contributed by atoms with Gasteiger partial charge in [-0.2, -0.15) is 8.42 Å². The minimum absolute atomic E-state index is 0.0358. The van der Waals surface area contributed by atoms with Crippen molar-refractivity contribution in [1.82, 2.24) is 0 Å². The van der Waals surface area contributed by atoms with Crippen LogP contribution in [0.4, 0.5) is 0 Å². The SMILES string of the molecule is CC(CCC1OC(C(C)C2CCC3C4=C(CCC32C)C23COC(O)(C(O)C2)C(C)(C)C3C(OS(=O)(=O)O)C4)CC2CC1(C)OC2(C)C)C1CCC2C3=C(CCC21C)C12COC(O)(C(O)C1)C(C)(C)C2=CC3. The summed E-state index contributed by atoms with van der Waals surface area (Å²) in [7, 11) is -4.81. The molecule has 8 aliphatic carbocycles. The van der Waals surface area contributed by atoms with Gasteiger partial charge in [0, 0.05) is 27.6 Å². The fourth-order valence-corrected chi connectivity index (χ4v) is 22.1. The lowest BCUT2D eigenvalue weighted by Crippen LogP contribution is -2.76. The third kappa shape index (κ3) is 6.52. The highest BCUT2D eigenvalue weighted by Crippen LogP contribution is 2.74. The standard InChI is InChI=1S/C58H88O12S/c1-31(36-14-16-38-34-13-18-44-49(3,4)57(61)45(59)27-55(44,29-66-57)40(34)20-22-52(36,38)9)12-19-47-54(11)26-33(51(7,8)70-54)24-42(68-47)32(2)37-15-17-39-35-25-43(69-71(63,64)65)48-50(5,6)58(62)46(60)28-56(48,30-67-58)41(35)21-23-53(37,39)10/h18,31-33,36-39,42-43,45-48,59-62H,12-17,19-30H2,1-11H3,(H,63,64,65). The van der Waals surface area contributed by atoms with Crippen molar-refractivity contribution in [3.63, 3.8) is 0 Å². The molecule has 20 unspecified atom stereocenters. The molecule has 6 saturated heterocycles. The van der Waals surface area contributed by atoms with Gasteiger partial charge in [0.2, 0.25) is 5.79 Å². The highest BCUT2D eigenvalue weighted by Gasteiger charge is 2.75. The zero-order valence-electron chi connectivity index (χ0n) is 44.8. The minimum Gasteiger partial charge on any atom is -0.387 e. The van der Waals surface area contributed by atoms with Gasteiger partial charge in [0.25, 0.3) is 0 Å². The van der Waals surface area contributed by atoms with Crippen molar-refractivity contribution in [3.8, 4) is 0 Å². The van der Waals surface area contributed by atoms with E-state index in [1.54, 1.807) is 5.57 Å². The molecule has 10 fully saturated rings. The molecule has 0 aromatic carbocycles. The first-order valence-corrected chi connectivity index (χ1v) is 29.5. The van der Waals surface area contributed by atoms with E-state index in [-0.39, 0.29) is 64.5 Å². The molecule has 6 heterocycles. The fraction of sp³-hybridized carbons (Fsp3) is 0.897. The average Bonchev–Trinajstić information content (AvgIpc) is 3.85. The van der Waals surface area contributed by atoms with Crippen molar-refractivity contribution in [2.24, 2.45) is 79.8 Å². The summed E-state index contributed by atoms with van der Waals surface area (Å²) >= 11 is 0. The molecule has 13 heteroatoms. The first-order valence-electron chi connectivity index (χ1n) is 28.2. The van der Waals surface area contributed by atoms with Crippen molar-refractivity contribution in [2.75, 3.05) is 13.2 Å². The Morgan fingerprint density at radius 3 is 2.10 bits per heavy atom. The second kappa shape index (κ2) is 15.5. The average molecular weight is 1010 g/mol. The normalized spacial score (nSPS) is 52.7. The summed E-state index contributed by atoms with van der Waals surface area (Å²) in [5, 5.41) is 46.2. The molecule has 0 radical (unpaired) electrons. The number of rotatable bonds is 8. The van der Waals surface area contributed by atoms with Crippen LogP contribution in [-0.4, -0.2) is 99.9 Å². The fourth-order valence-electron chi connectivity index (χ4n) is 21.6. The molecule has 6 bridgehead atoms. The van der Waals surface area contributed by atoms with Crippen LogP contribution in [0.3, 0.4) is 0 Å². The molecule has 14 aliphatic rings. The third-order valence-electron chi connectivity index (χ3n) is 24.9. The molecule has 14 rings (SSSR count). The molecule has 5 N–H and O–H groups in total. The molecular weight excluding hydrogens is 921 g/mol. The third-order valence-corrected chi connectivity index (χ3v) is 25.4. The van der Waals surface area contributed by atoms with Gasteiger partial charge in [-0.1, -0.05) is 89.3 Å². The number of aliphatic hydroxyl groups excluding tert-OH is 2. The van der Waals surface area contributed by atoms with Crippen LogP contribution < -0.4 is 0 Å². The monoisotopic (exact) mass is 1010 g/mol. The Labute approximate surface area is 424 Å². The van der Waals surface area contributed by atoms with E-state index in [2.05, 4.69) is 68.4 Å². The Morgan fingerprint density at radius 2 is 1.42 bits per heavy atom. The molecule has 2 spiro atoms. The topological polar surface area (TPSA) is 181 Å². The summed E-state index contributed by atoms with van der Waals surface area (Å²) < 4.78 is 68.2. The Kier molecular flexibility index (Phi) is 11.0. The lowest BCUT2D eigenvalue weighted by atomic mass is 9.42. The maximum Gasteiger partial charge on any atom is 0.397 e. The highest BCUT2D eigenvalue weighted by atomic mass is 32.3. The number of hydrogen-bond donors (Lipinski definition) is 5. The van der Waals surface area contributed by atoms with Gasteiger partial charge in [0.05, 0.1) is 42.7 Å². The number of fused-ring (bicyclic) bond motifs is 10. The zero-order valence-corrected chi connectivity index (χ0v) is 45.6. The number of aliphatic hydroxyl groups is 4. The molecule has 0 amide bonds. The second-order valence-corrected chi connectivity index (χ2v) is 29.8. The summed E-state index contributed by atoms with van der Waals surface area (Å²) in [5.74, 6) is -1.04. The van der Waals surface area contributed by atoms with Gasteiger partial charge in [-0.05, 0) is 176 Å². The van der Waals surface area contributed by atoms with E-state index in [1.165, 1.54) is 35.1 Å². The van der Waals surface area contributed by atoms with Crippen LogP contribution in [0.5, 0.6) is 0 Å². The first kappa shape index (κ1) is 50.6. The molecule has 0 aromatic heterocycles. The van der Waals surface area contributed by atoms with Gasteiger partial charge < -0.3 is 39.4 Å². The van der Waals surface area contributed by atoms with E-state index >= 15 is 0 Å². The minimum atomic E-state index is -4.81. The van der Waals surface area contributed by atoms with Crippen LogP contribution >= 0.6 is 0 Å². The maximum atomic E-state index is 12.6. The van der Waals surface area contributed by atoms with Crippen LogP contribution in [0, 0.1) is 79.8 Å². The van der Waals surface area contributed by atoms with E-state index in [9.17, 15) is 33.4 Å². The molecule has 0 aromatic rings. The van der Waals surface area contributed by atoms with Gasteiger partial charge in [-0.15, -0.1) is 0 Å². The molecule has 12 nitrogen and oxygen atoms in total. The summed E-state index contributed by atoms with van der Waals surface area (Å²) in [4.78, 5) is 0. The van der Waals surface area contributed by atoms with Crippen molar-refractivity contribution in [2.45, 2.75) is 232 Å². The van der Waals surface area contributed by atoms with Gasteiger partial charge in [0.1, 0.15) is 12.2 Å². The Hall–Kier alpha value is -1.23. The predicted octanol–water partition coefficient (Wildman–Crippen LogP) is 9.55. The van der Waals surface area contributed by atoms with Crippen LogP contribution in [-0.2, 0) is 33.5 Å². The van der Waals surface area contributed by atoms with E-state index in [4.69, 9.17) is 23.1 Å². The van der Waals surface area contributed by atoms with E-state index in [1.807, 2.05) is 13.8 Å². The van der Waals surface area contributed by atoms with Gasteiger partial charge in [-0.25, -0.2) is 4.18 Å². The summed E-state index contributed by atoms with van der Waals surface area (Å²) in [6, 6.07) is 0. The Balaban J connectivity index is 0.782. The molecule has 398 valence electrons. The summed E-state index contributed by atoms with van der Waals surface area (Å²) in [5.41, 5.74) is 3.65. The molecule has 6 aliphatic heterocycles. The van der Waals surface area contributed by atoms with Crippen LogP contribution in [0.2, 0.25) is 0 Å². The van der Waals surface area contributed by atoms with Gasteiger partial charge >= 0.3 is 10.4 Å². The van der Waals surface area contributed by atoms with Crippen molar-refractivity contribution in [3.05, 3.63) is 33.9 Å². The maximum absolute atomic E-state index is 12.6. The largest absolute Gasteiger partial charge is 0.397 e. The molecule has 4 saturated carbocycles. The van der Waals surface area contributed by atoms with E-state index in [0.29, 0.717) is 49.0 Å². The van der Waals surface area contributed by atoms with Gasteiger partial charge in [-0.3, -0.25) is 4.55 Å². The summed E-state index contributed by atoms with van der Waals surface area (Å²) in [6.07, 6.45) is 14.0. The van der Waals surface area contributed by atoms with Crippen molar-refractivity contribution in [1.29, 1.82) is 0 Å². The summed E-state index contributed by atoms with van der Waals surface area (Å²) in [6.45, 7) is 25.4. The molecule has 71 heavy (non-hydrogen) atoms. The van der Waals surface area contributed by atoms with Crippen LogP contribution in [0.1, 0.15) is 179 Å². The van der Waals surface area contributed by atoms with Crippen molar-refractivity contribution >= 4 is 10.4 Å². The quantitative estimate of drug-likeness (QED) is 0.115. The Bertz CT molecular complexity index is 2460. The first-order chi connectivity index (χ1) is 32.9. The number of hydrogen-bond acceptors (Lipinski definition) is 11. The van der Waals surface area contributed by atoms with E-state index in [0.717, 1.165) is 70.6 Å². The lowest BCUT2D eigenvalue weighted by molar-refractivity contribution is -0.408. The second-order valence-electron chi connectivity index (χ2n) is 28.8. The number of allylic oxidation sites excluding steroid dienone is 2. The molecule has 20 atom stereocenters. The van der Waals surface area contributed by atoms with Crippen LogP contribution in [0.25, 0.3) is 0 Å². The smallest absolute Gasteiger partial charge is 0.387 e.